The van der Waals surface area contributed by atoms with Crippen molar-refractivity contribution in [2.45, 2.75) is 100 Å². The summed E-state index contributed by atoms with van der Waals surface area (Å²) in [6.45, 7) is 6.41. The molecule has 3 aromatic heterocycles. The predicted octanol–water partition coefficient (Wildman–Crippen LogP) is 9.88. The SMILES string of the molecule is O=c1c(OC2CCCC2)c(N2CCN(S(=O)(=O)CCl)CC2)cnn1-c1cccc(Cl)c1.O=c1c(OC2CCCC2)c(N2CCN(S(=O)(=O)CSc3ccccc3)CC2)cnn1-c1cccc(Cl)c1.O=c1c(OC2CCCC2)c(N2CCNCC2)cnn1-c1cccc(Cl)c1. The van der Waals surface area contributed by atoms with Crippen LogP contribution in [0.5, 0.6) is 17.2 Å². The number of thioether (sulfide) groups is 1. The molecule has 3 saturated heterocycles. The maximum absolute atomic E-state index is 13.6. The first-order valence-corrected chi connectivity index (χ1v) is 37.7. The van der Waals surface area contributed by atoms with Gasteiger partial charge in [0.1, 0.15) is 27.4 Å². The molecule has 29 heteroatoms. The van der Waals surface area contributed by atoms with Gasteiger partial charge in [0.15, 0.2) is 0 Å². The zero-order valence-electron chi connectivity index (χ0n) is 51.9. The van der Waals surface area contributed by atoms with Crippen molar-refractivity contribution in [1.29, 1.82) is 0 Å². The van der Waals surface area contributed by atoms with E-state index in [0.717, 1.165) is 114 Å². The van der Waals surface area contributed by atoms with E-state index in [1.54, 1.807) is 79.3 Å². The molecule has 6 heterocycles. The van der Waals surface area contributed by atoms with Gasteiger partial charge in [-0.15, -0.1) is 23.4 Å². The number of sulfonamides is 2. The van der Waals surface area contributed by atoms with Crippen LogP contribution in [0.25, 0.3) is 17.1 Å². The molecule has 22 nitrogen and oxygen atoms in total. The summed E-state index contributed by atoms with van der Waals surface area (Å²) < 4.78 is 75.6. The van der Waals surface area contributed by atoms with Crippen molar-refractivity contribution in [2.24, 2.45) is 0 Å². The molecule has 0 spiro atoms. The lowest BCUT2D eigenvalue weighted by Gasteiger charge is -2.35. The molecular weight excluding hydrogens is 1350 g/mol. The van der Waals surface area contributed by atoms with Crippen molar-refractivity contribution in [3.8, 4) is 34.3 Å². The molecule has 13 rings (SSSR count). The molecule has 0 atom stereocenters. The van der Waals surface area contributed by atoms with Gasteiger partial charge in [0.25, 0.3) is 0 Å². The van der Waals surface area contributed by atoms with Crippen LogP contribution < -0.4 is 50.9 Å². The van der Waals surface area contributed by atoms with Crippen LogP contribution in [-0.4, -0.2) is 162 Å². The van der Waals surface area contributed by atoms with E-state index < -0.39 is 25.3 Å². The number of ether oxygens (including phenoxy) is 3. The Morgan fingerprint density at radius 3 is 1.13 bits per heavy atom. The second kappa shape index (κ2) is 32.1. The topological polar surface area (TPSA) is 229 Å². The van der Waals surface area contributed by atoms with E-state index in [1.807, 2.05) is 52.3 Å². The summed E-state index contributed by atoms with van der Waals surface area (Å²) in [6.07, 6.45) is 17.3. The fraction of sp³-hybridized carbons (Fsp3) is 0.446. The van der Waals surface area contributed by atoms with Crippen LogP contribution in [0.15, 0.2) is 141 Å². The Balaban J connectivity index is 0.000000146. The molecule has 3 aliphatic carbocycles. The van der Waals surface area contributed by atoms with Crippen LogP contribution in [-0.2, 0) is 20.0 Å². The van der Waals surface area contributed by atoms with Gasteiger partial charge in [-0.25, -0.2) is 16.8 Å². The fourth-order valence-electron chi connectivity index (χ4n) is 12.3. The van der Waals surface area contributed by atoms with E-state index in [-0.39, 0.29) is 64.7 Å². The Hall–Kier alpha value is -6.39. The number of rotatable bonds is 18. The number of alkyl halides is 1. The first kappa shape index (κ1) is 69.0. The van der Waals surface area contributed by atoms with Crippen molar-refractivity contribution >= 4 is 95.3 Å². The van der Waals surface area contributed by atoms with Gasteiger partial charge in [0, 0.05) is 98.5 Å². The largest absolute Gasteiger partial charge is 0.483 e. The van der Waals surface area contributed by atoms with Crippen LogP contribution in [0.2, 0.25) is 15.1 Å². The van der Waals surface area contributed by atoms with Gasteiger partial charge in [-0.2, -0.15) is 38.0 Å². The quantitative estimate of drug-likeness (QED) is 0.0622. The molecule has 1 N–H and O–H groups in total. The van der Waals surface area contributed by atoms with Gasteiger partial charge in [-0.3, -0.25) is 14.4 Å². The molecule has 4 aromatic carbocycles. The van der Waals surface area contributed by atoms with E-state index in [0.29, 0.717) is 88.5 Å². The van der Waals surface area contributed by atoms with Crippen LogP contribution in [0, 0.1) is 0 Å². The number of nitrogens with one attached hydrogen (secondary N) is 1. The summed E-state index contributed by atoms with van der Waals surface area (Å²) in [4.78, 5) is 47.2. The number of hydrogen-bond acceptors (Lipinski definition) is 18. The minimum Gasteiger partial charge on any atom is -0.483 e. The van der Waals surface area contributed by atoms with Crippen molar-refractivity contribution in [2.75, 3.05) is 104 Å². The average Bonchev–Trinajstić information content (AvgIpc) is 1.02. The summed E-state index contributed by atoms with van der Waals surface area (Å²) in [6, 6.07) is 30.6. The molecule has 3 saturated carbocycles. The summed E-state index contributed by atoms with van der Waals surface area (Å²) in [5.74, 6) is 0.919. The normalized spacial score (nSPS) is 17.9. The lowest BCUT2D eigenvalue weighted by Crippen LogP contribution is -2.49. The number of halogens is 4. The van der Waals surface area contributed by atoms with Crippen LogP contribution in [0.1, 0.15) is 77.0 Å². The lowest BCUT2D eigenvalue weighted by atomic mass is 10.2. The van der Waals surface area contributed by atoms with Crippen molar-refractivity contribution in [3.05, 3.63) is 168 Å². The average molecular weight is 1420 g/mol. The van der Waals surface area contributed by atoms with Gasteiger partial charge in [-0.05, 0) is 144 Å². The van der Waals surface area contributed by atoms with Crippen molar-refractivity contribution in [3.63, 3.8) is 0 Å². The minimum absolute atomic E-state index is 0.00963. The van der Waals surface area contributed by atoms with Gasteiger partial charge in [0.2, 0.25) is 37.3 Å². The Morgan fingerprint density at radius 1 is 0.447 bits per heavy atom. The first-order valence-electron chi connectivity index (χ1n) is 31.8. The maximum Gasteiger partial charge on any atom is 0.316 e. The summed E-state index contributed by atoms with van der Waals surface area (Å²) in [5, 5.41) is 17.6. The fourth-order valence-corrected chi connectivity index (χ4v) is 16.9. The molecule has 6 fully saturated rings. The Labute approximate surface area is 571 Å². The number of aromatic nitrogens is 6. The van der Waals surface area contributed by atoms with Crippen molar-refractivity contribution < 1.29 is 31.0 Å². The zero-order valence-corrected chi connectivity index (χ0v) is 57.4. The molecule has 0 amide bonds. The number of anilines is 3. The highest BCUT2D eigenvalue weighted by Gasteiger charge is 2.33. The first-order chi connectivity index (χ1) is 45.5. The summed E-state index contributed by atoms with van der Waals surface area (Å²) >= 11 is 25.2. The standard InChI is InChI=1S/C26H29ClN4O4S2.C20H24Cl2N4O4S.C19H23ClN4O2/c27-20-7-6-8-21(17-20)31-26(32)25(35-22-9-4-5-10-22)24(18-28-31)29-13-15-30(16-14-29)37(33,34)19-36-23-11-2-1-3-12-23;21-14-31(28,29)25-10-8-24(9-11-25)18-13-23-26(16-5-3-4-15(22)12-16)20(27)19(18)30-17-6-1-2-7-17;20-14-4-3-5-15(12-14)24-19(25)18(26-16-6-1-2-7-16)17(13-22-24)23-10-8-21-9-11-23/h1-3,6-8,11-12,17-18,22H,4-5,9-10,13-16,19H2;3-5,12-13,17H,1-2,6-11,14H2;3-5,12-13,16,21H,1-2,6-11H2. The second-order valence-electron chi connectivity index (χ2n) is 23.7. The Morgan fingerprint density at radius 2 is 0.787 bits per heavy atom. The third-order valence-corrected chi connectivity index (χ3v) is 23.7. The number of piperazine rings is 3. The number of nitrogens with zero attached hydrogens (tertiary/aromatic N) is 11. The third-order valence-electron chi connectivity index (χ3n) is 17.3. The van der Waals surface area contributed by atoms with Crippen LogP contribution >= 0.6 is 58.2 Å². The molecule has 502 valence electrons. The van der Waals surface area contributed by atoms with E-state index in [2.05, 4.69) is 25.5 Å². The molecule has 0 unspecified atom stereocenters. The minimum atomic E-state index is -3.46. The van der Waals surface area contributed by atoms with Crippen molar-refractivity contribution in [1.82, 2.24) is 43.3 Å². The molecular formula is C65H76Cl4N12O10S3. The second-order valence-corrected chi connectivity index (χ2v) is 30.9. The number of hydrogen-bond donors (Lipinski definition) is 1. The Bertz CT molecular complexity index is 4140. The van der Waals surface area contributed by atoms with Crippen LogP contribution in [0.4, 0.5) is 17.1 Å². The molecule has 94 heavy (non-hydrogen) atoms. The highest BCUT2D eigenvalue weighted by molar-refractivity contribution is 8.11. The van der Waals surface area contributed by atoms with Crippen LogP contribution in [0.3, 0.4) is 0 Å². The van der Waals surface area contributed by atoms with E-state index in [1.165, 1.54) is 34.4 Å². The molecule has 6 aliphatic rings. The highest BCUT2D eigenvalue weighted by atomic mass is 35.5. The van der Waals surface area contributed by atoms with Gasteiger partial charge < -0.3 is 34.2 Å². The smallest absolute Gasteiger partial charge is 0.316 e. The van der Waals surface area contributed by atoms with Gasteiger partial charge >= 0.3 is 16.7 Å². The maximum atomic E-state index is 13.6. The summed E-state index contributed by atoms with van der Waals surface area (Å²) in [5.41, 5.74) is 2.81. The molecule has 7 aromatic rings. The predicted molar refractivity (Wildman–Crippen MR) is 372 cm³/mol. The monoisotopic (exact) mass is 1420 g/mol. The van der Waals surface area contributed by atoms with Gasteiger partial charge in [-0.1, -0.05) is 71.2 Å². The zero-order chi connectivity index (χ0) is 65.8. The van der Waals surface area contributed by atoms with E-state index in [4.69, 9.17) is 60.6 Å². The Kier molecular flexibility index (Phi) is 23.6. The lowest BCUT2D eigenvalue weighted by molar-refractivity contribution is 0.205. The molecule has 0 radical (unpaired) electrons. The molecule has 0 bridgehead atoms. The van der Waals surface area contributed by atoms with Gasteiger partial charge in [0.05, 0.1) is 54.0 Å². The number of benzene rings is 4. The van der Waals surface area contributed by atoms with E-state index >= 15 is 0 Å². The third kappa shape index (κ3) is 17.2. The summed E-state index contributed by atoms with van der Waals surface area (Å²) in [7, 11) is -6.89. The van der Waals surface area contributed by atoms with E-state index in [9.17, 15) is 31.2 Å². The highest BCUT2D eigenvalue weighted by Crippen LogP contribution is 2.35. The molecule has 3 aliphatic heterocycles.